The summed E-state index contributed by atoms with van der Waals surface area (Å²) in [5.41, 5.74) is 29.3. The second-order valence-corrected chi connectivity index (χ2v) is 26.3. The summed E-state index contributed by atoms with van der Waals surface area (Å²) < 4.78 is 5.64. The van der Waals surface area contributed by atoms with E-state index in [-0.39, 0.29) is 12.1 Å². The number of nitrogens with two attached hydrogens (primary N) is 3. The minimum Gasteiger partial charge on any atom is -0.493 e. The lowest BCUT2D eigenvalue weighted by molar-refractivity contribution is 0.257. The largest absolute Gasteiger partial charge is 0.493 e. The van der Waals surface area contributed by atoms with Gasteiger partial charge >= 0.3 is 18.1 Å². The van der Waals surface area contributed by atoms with Crippen LogP contribution in [0.4, 0.5) is 112 Å². The average molecular weight is 1500 g/mol. The molecule has 0 aliphatic carbocycles. The number of likely N-dealkylation sites (N-methyl/N-ethyl adjacent to an activating group) is 1. The molecule has 568 valence electrons. The summed E-state index contributed by atoms with van der Waals surface area (Å²) in [7, 11) is 7.43. The highest BCUT2D eigenvalue weighted by atomic mass is 35.5. The summed E-state index contributed by atoms with van der Waals surface area (Å²) >= 11 is 12.2. The monoisotopic (exact) mass is 1500 g/mol. The number of halogens is 2. The summed E-state index contributed by atoms with van der Waals surface area (Å²) in [5.74, 6) is 3.90. The number of nitrogens with zero attached hydrogens (tertiary/aromatic N) is 13. The highest BCUT2D eigenvalue weighted by molar-refractivity contribution is 6.34. The van der Waals surface area contributed by atoms with Crippen molar-refractivity contribution in [2.45, 2.75) is 61.8 Å². The van der Waals surface area contributed by atoms with Crippen LogP contribution in [-0.4, -0.2) is 156 Å². The van der Waals surface area contributed by atoms with Crippen molar-refractivity contribution in [3.8, 4) is 5.75 Å². The van der Waals surface area contributed by atoms with Crippen LogP contribution in [0.15, 0.2) is 183 Å². The van der Waals surface area contributed by atoms with E-state index in [2.05, 4.69) is 148 Å². The fourth-order valence-corrected chi connectivity index (χ4v) is 11.0. The van der Waals surface area contributed by atoms with Crippen molar-refractivity contribution in [2.24, 2.45) is 0 Å². The second kappa shape index (κ2) is 40.8. The van der Waals surface area contributed by atoms with Crippen LogP contribution >= 0.6 is 23.2 Å². The van der Waals surface area contributed by atoms with Gasteiger partial charge in [0.25, 0.3) is 0 Å². The highest BCUT2D eigenvalue weighted by Crippen LogP contribution is 2.34. The van der Waals surface area contributed by atoms with Gasteiger partial charge in [0.1, 0.15) is 59.6 Å². The van der Waals surface area contributed by atoms with Crippen molar-refractivity contribution in [2.75, 3.05) is 162 Å². The fraction of sp³-hybridized carbons (Fsp3) is 0.287. The minimum absolute atomic E-state index is 0.295. The molecule has 0 bridgehead atoms. The van der Waals surface area contributed by atoms with E-state index < -0.39 is 6.03 Å². The summed E-state index contributed by atoms with van der Waals surface area (Å²) in [4.78, 5) is 78.3. The van der Waals surface area contributed by atoms with Gasteiger partial charge in [-0.25, -0.2) is 49.2 Å². The Bertz CT molecular complexity index is 4360. The number of amides is 6. The lowest BCUT2D eigenvalue weighted by atomic mass is 10.1. The third kappa shape index (κ3) is 24.5. The lowest BCUT2D eigenvalue weighted by Gasteiger charge is -2.35. The number of aryl methyl sites for hydroxylation is 3. The van der Waals surface area contributed by atoms with Gasteiger partial charge < -0.3 is 73.4 Å². The molecule has 0 atom stereocenters. The van der Waals surface area contributed by atoms with E-state index in [1.54, 1.807) is 85.7 Å². The number of carbonyl (C=O) groups excluding carboxylic acids is 3. The van der Waals surface area contributed by atoms with Gasteiger partial charge in [-0.2, -0.15) is 0 Å². The van der Waals surface area contributed by atoms with E-state index in [4.69, 9.17) is 45.1 Å². The standard InChI is InChI=1S/C33H37N7O2.C19H19ClN6O.C18H18ClN7O.2C5H13N/c1-4-38-15-17-39(18-16-38)27-9-11-28(12-10-27)40(33(41)37-32-23(2)6-5-7-24(32)3)31-21-30(34-22-35-31)36-26-8-13-29-25(20-26)14-19-42-29;1-12-3-8-15(20)16(9-12)25-19(27)26(2)18-10-17(22-11-23-18)24-14-6-4-13(21)5-7-14;1-26(18(27)25-15-8-12(21)4-7-14(15)19)17-9-16(22-10-23-17)24-13-5-2-11(20)3-6-13;2*1-4-6(3)5-2/h5-13,20-22H,4,14-19H2,1-3H3,(H,37,41)(H,34,35,36);3-11H,21H2,1-2H3,(H,25,27)(H,22,23,24);2-10H,20-21H2,1H3,(H,25,27)(H,22,23,24);2*4-5H2,1-3H3. The van der Waals surface area contributed by atoms with Gasteiger partial charge in [-0.3, -0.25) is 9.80 Å². The molecule has 0 radical (unpaired) electrons. The van der Waals surface area contributed by atoms with Crippen LogP contribution < -0.4 is 73.4 Å². The van der Waals surface area contributed by atoms with Gasteiger partial charge in [0.15, 0.2) is 0 Å². The molecule has 10 aromatic rings. The zero-order chi connectivity index (χ0) is 77.8. The Balaban J connectivity index is 0.000000195. The number of anilines is 17. The first-order chi connectivity index (χ1) is 51.9. The third-order valence-corrected chi connectivity index (χ3v) is 18.4. The SMILES string of the molecule is CCN(C)CC.CCN(C)CC.CCN1CCN(c2ccc(N(C(=O)Nc3c(C)cccc3C)c3cc(Nc4ccc5c(c4)CCO5)ncn3)cc2)CC1.CN(C(=O)Nc1cc(N)ccc1Cl)c1cc(Nc2ccc(N)cc2)ncn1.Cc1ccc(Cl)c(NC(=O)N(C)c2cc(Nc3ccc(N)cc3)ncn2)c1. The molecule has 6 amide bonds. The number of carbonyl (C=O) groups is 3. The van der Waals surface area contributed by atoms with Crippen molar-refractivity contribution in [3.63, 3.8) is 0 Å². The molecule has 0 saturated carbocycles. The maximum atomic E-state index is 14.0. The summed E-state index contributed by atoms with van der Waals surface area (Å²) in [6.07, 6.45) is 5.12. The number of fused-ring (bicyclic) bond motifs is 1. The summed E-state index contributed by atoms with van der Waals surface area (Å²) in [5, 5.41) is 19.1. The lowest BCUT2D eigenvalue weighted by Crippen LogP contribution is -2.46. The molecule has 1 fully saturated rings. The Morgan fingerprint density at radius 2 is 0.935 bits per heavy atom. The fourth-order valence-electron chi connectivity index (χ4n) is 10.7. The predicted octanol–water partition coefficient (Wildman–Crippen LogP) is 16.3. The van der Waals surface area contributed by atoms with Crippen molar-refractivity contribution in [1.29, 1.82) is 0 Å². The minimum atomic E-state index is -0.417. The van der Waals surface area contributed by atoms with E-state index in [0.29, 0.717) is 85.7 Å². The predicted molar refractivity (Wildman–Crippen MR) is 446 cm³/mol. The first-order valence-electron chi connectivity index (χ1n) is 35.7. The van der Waals surface area contributed by atoms with Crippen molar-refractivity contribution in [3.05, 3.63) is 215 Å². The van der Waals surface area contributed by atoms with Crippen LogP contribution in [0.2, 0.25) is 10.0 Å². The molecule has 3 aromatic heterocycles. The molecule has 28 heteroatoms. The van der Waals surface area contributed by atoms with Gasteiger partial charge in [0.05, 0.1) is 33.7 Å². The summed E-state index contributed by atoms with van der Waals surface area (Å²) in [6.45, 7) is 27.3. The Labute approximate surface area is 644 Å². The number of nitrogen functional groups attached to an aromatic ring is 3. The molecule has 0 spiro atoms. The normalized spacial score (nSPS) is 12.0. The number of hydrogen-bond donors (Lipinski definition) is 9. The molecule has 7 aromatic carbocycles. The smallest absolute Gasteiger partial charge is 0.332 e. The molecule has 0 unspecified atom stereocenters. The molecular formula is C80H100Cl2N22O4. The van der Waals surface area contributed by atoms with E-state index in [1.165, 1.54) is 34.3 Å². The number of hydrogen-bond acceptors (Lipinski definition) is 20. The molecule has 2 aliphatic heterocycles. The molecular weight excluding hydrogens is 1400 g/mol. The van der Waals surface area contributed by atoms with Crippen LogP contribution in [-0.2, 0) is 6.42 Å². The van der Waals surface area contributed by atoms with E-state index in [9.17, 15) is 14.4 Å². The first-order valence-corrected chi connectivity index (χ1v) is 36.5. The molecule has 12 N–H and O–H groups in total. The zero-order valence-electron chi connectivity index (χ0n) is 63.5. The topological polar surface area (TPSA) is 311 Å². The molecule has 1 saturated heterocycles. The Kier molecular flexibility index (Phi) is 31.0. The van der Waals surface area contributed by atoms with Crippen LogP contribution in [0.5, 0.6) is 5.75 Å². The number of nitrogens with one attached hydrogen (secondary N) is 6. The van der Waals surface area contributed by atoms with Gasteiger partial charge in [-0.15, -0.1) is 0 Å². The van der Waals surface area contributed by atoms with E-state index >= 15 is 0 Å². The maximum absolute atomic E-state index is 14.0. The summed E-state index contributed by atoms with van der Waals surface area (Å²) in [6, 6.07) is 48.9. The number of benzene rings is 7. The van der Waals surface area contributed by atoms with Gasteiger partial charge in [0.2, 0.25) is 0 Å². The first kappa shape index (κ1) is 82.1. The van der Waals surface area contributed by atoms with E-state index in [0.717, 1.165) is 116 Å². The Hall–Kier alpha value is -11.6. The van der Waals surface area contributed by atoms with Crippen LogP contribution in [0.3, 0.4) is 0 Å². The van der Waals surface area contributed by atoms with E-state index in [1.807, 2.05) is 99.6 Å². The van der Waals surface area contributed by atoms with Gasteiger partial charge in [-0.1, -0.05) is 82.1 Å². The van der Waals surface area contributed by atoms with Crippen LogP contribution in [0.25, 0.3) is 0 Å². The second-order valence-electron chi connectivity index (χ2n) is 25.5. The molecule has 2 aliphatic rings. The van der Waals surface area contributed by atoms with Crippen molar-refractivity contribution in [1.82, 2.24) is 44.6 Å². The molecule has 26 nitrogen and oxygen atoms in total. The number of para-hydroxylation sites is 1. The highest BCUT2D eigenvalue weighted by Gasteiger charge is 2.25. The number of piperazine rings is 1. The van der Waals surface area contributed by atoms with Crippen LogP contribution in [0.1, 0.15) is 56.9 Å². The quantitative estimate of drug-likeness (QED) is 0.0340. The molecule has 12 rings (SSSR count). The number of aromatic nitrogens is 6. The van der Waals surface area contributed by atoms with Crippen molar-refractivity contribution >= 4 is 139 Å². The number of rotatable bonds is 19. The Morgan fingerprint density at radius 1 is 0.481 bits per heavy atom. The zero-order valence-corrected chi connectivity index (χ0v) is 65.0. The molecule has 108 heavy (non-hydrogen) atoms. The van der Waals surface area contributed by atoms with Gasteiger partial charge in [0, 0.05) is 110 Å². The van der Waals surface area contributed by atoms with Crippen LogP contribution in [0, 0.1) is 20.8 Å². The Morgan fingerprint density at radius 3 is 1.43 bits per heavy atom. The number of urea groups is 3. The van der Waals surface area contributed by atoms with Gasteiger partial charge in [-0.05, 0) is 211 Å². The molecule has 5 heterocycles. The third-order valence-electron chi connectivity index (χ3n) is 17.8. The number of ether oxygens (including phenoxy) is 1. The van der Waals surface area contributed by atoms with Crippen molar-refractivity contribution < 1.29 is 19.1 Å². The maximum Gasteiger partial charge on any atom is 0.332 e. The average Bonchev–Trinajstić information content (AvgIpc) is 0.931.